The third-order valence-corrected chi connectivity index (χ3v) is 9.63. The third kappa shape index (κ3) is 4.57. The summed E-state index contributed by atoms with van der Waals surface area (Å²) in [6.07, 6.45) is 0. The first kappa shape index (κ1) is 18.7. The molecule has 0 saturated heterocycles. The van der Waals surface area contributed by atoms with Gasteiger partial charge in [0.25, 0.3) is 0 Å². The molecular weight excluding hydrogens is 344 g/mol. The van der Waals surface area contributed by atoms with Gasteiger partial charge >= 0.3 is 0 Å². The SMILES string of the molecule is COc1ccc(C(C)(C)CO[Si](C)(C)C(C)(C)C)cc1Br. The Morgan fingerprint density at radius 2 is 1.67 bits per heavy atom. The van der Waals surface area contributed by atoms with Crippen LogP contribution in [0.4, 0.5) is 0 Å². The number of benzene rings is 1. The summed E-state index contributed by atoms with van der Waals surface area (Å²) in [4.78, 5) is 0. The molecule has 1 aromatic rings. The van der Waals surface area contributed by atoms with Crippen LogP contribution < -0.4 is 4.74 Å². The Bertz CT molecular complexity index is 490. The van der Waals surface area contributed by atoms with Crippen molar-refractivity contribution in [3.05, 3.63) is 28.2 Å². The summed E-state index contributed by atoms with van der Waals surface area (Å²) < 4.78 is 12.7. The van der Waals surface area contributed by atoms with Gasteiger partial charge in [-0.25, -0.2) is 0 Å². The van der Waals surface area contributed by atoms with Crippen molar-refractivity contribution < 1.29 is 9.16 Å². The van der Waals surface area contributed by atoms with Crippen molar-refractivity contribution in [3.8, 4) is 5.75 Å². The van der Waals surface area contributed by atoms with E-state index < -0.39 is 8.32 Å². The molecule has 0 atom stereocenters. The van der Waals surface area contributed by atoms with Gasteiger partial charge in [-0.15, -0.1) is 0 Å². The van der Waals surface area contributed by atoms with E-state index in [4.69, 9.17) is 9.16 Å². The molecule has 0 unspecified atom stereocenters. The summed E-state index contributed by atoms with van der Waals surface area (Å²) in [6, 6.07) is 6.26. The lowest BCUT2D eigenvalue weighted by Crippen LogP contribution is -2.43. The fraction of sp³-hybridized carbons (Fsp3) is 0.647. The fourth-order valence-electron chi connectivity index (χ4n) is 1.75. The van der Waals surface area contributed by atoms with Crippen LogP contribution in [0.15, 0.2) is 22.7 Å². The number of hydrogen-bond acceptors (Lipinski definition) is 2. The normalized spacial score (nSPS) is 13.4. The van der Waals surface area contributed by atoms with E-state index in [1.165, 1.54) is 5.56 Å². The summed E-state index contributed by atoms with van der Waals surface area (Å²) in [5, 5.41) is 0.240. The maximum absolute atomic E-state index is 6.40. The van der Waals surface area contributed by atoms with Gasteiger partial charge in [0.05, 0.1) is 11.6 Å². The van der Waals surface area contributed by atoms with Gasteiger partial charge in [0.2, 0.25) is 0 Å². The molecule has 0 N–H and O–H groups in total. The van der Waals surface area contributed by atoms with Gasteiger partial charge in [0, 0.05) is 12.0 Å². The van der Waals surface area contributed by atoms with E-state index >= 15 is 0 Å². The molecule has 0 radical (unpaired) electrons. The number of ether oxygens (including phenoxy) is 1. The average molecular weight is 373 g/mol. The number of hydrogen-bond donors (Lipinski definition) is 0. The molecule has 120 valence electrons. The molecule has 2 nitrogen and oxygen atoms in total. The molecule has 0 heterocycles. The molecule has 0 aliphatic rings. The highest BCUT2D eigenvalue weighted by atomic mass is 79.9. The van der Waals surface area contributed by atoms with Gasteiger partial charge in [-0.2, -0.15) is 0 Å². The molecule has 0 saturated carbocycles. The maximum atomic E-state index is 6.40. The van der Waals surface area contributed by atoms with Crippen molar-refractivity contribution in [1.29, 1.82) is 0 Å². The zero-order valence-corrected chi connectivity index (χ0v) is 17.2. The summed E-state index contributed by atoms with van der Waals surface area (Å²) in [6.45, 7) is 16.6. The lowest BCUT2D eigenvalue weighted by atomic mass is 9.86. The van der Waals surface area contributed by atoms with Gasteiger partial charge in [-0.1, -0.05) is 40.7 Å². The lowest BCUT2D eigenvalue weighted by molar-refractivity contribution is 0.220. The highest BCUT2D eigenvalue weighted by Crippen LogP contribution is 2.38. The van der Waals surface area contributed by atoms with Crippen LogP contribution >= 0.6 is 15.9 Å². The van der Waals surface area contributed by atoms with Gasteiger partial charge < -0.3 is 9.16 Å². The number of methoxy groups -OCH3 is 1. The molecule has 0 amide bonds. The molecule has 0 bridgehead atoms. The Kier molecular flexibility index (Phi) is 5.73. The van der Waals surface area contributed by atoms with Gasteiger partial charge in [0.1, 0.15) is 5.75 Å². The first-order valence-corrected chi connectivity index (χ1v) is 11.1. The Morgan fingerprint density at radius 1 is 1.10 bits per heavy atom. The van der Waals surface area contributed by atoms with Crippen LogP contribution in [-0.2, 0) is 9.84 Å². The second-order valence-electron chi connectivity index (χ2n) is 7.78. The Labute approximate surface area is 139 Å². The monoisotopic (exact) mass is 372 g/mol. The minimum Gasteiger partial charge on any atom is -0.496 e. The molecule has 1 rings (SSSR count). The quantitative estimate of drug-likeness (QED) is 0.611. The second kappa shape index (κ2) is 6.43. The van der Waals surface area contributed by atoms with Crippen molar-refractivity contribution in [1.82, 2.24) is 0 Å². The van der Waals surface area contributed by atoms with Crippen molar-refractivity contribution in [3.63, 3.8) is 0 Å². The zero-order chi connectivity index (χ0) is 16.5. The first-order valence-electron chi connectivity index (χ1n) is 7.39. The Hall–Kier alpha value is -0.323. The molecule has 0 aliphatic heterocycles. The Morgan fingerprint density at radius 3 is 2.10 bits per heavy atom. The predicted octanol–water partition coefficient (Wildman–Crippen LogP) is 5.76. The highest BCUT2D eigenvalue weighted by Gasteiger charge is 2.38. The van der Waals surface area contributed by atoms with E-state index in [9.17, 15) is 0 Å². The largest absolute Gasteiger partial charge is 0.496 e. The van der Waals surface area contributed by atoms with Crippen LogP contribution in [0.2, 0.25) is 18.1 Å². The molecule has 1 aromatic carbocycles. The zero-order valence-electron chi connectivity index (χ0n) is 14.6. The third-order valence-electron chi connectivity index (χ3n) is 4.53. The van der Waals surface area contributed by atoms with Gasteiger partial charge in [-0.05, 0) is 51.8 Å². The minimum atomic E-state index is -1.72. The lowest BCUT2D eigenvalue weighted by Gasteiger charge is -2.39. The van der Waals surface area contributed by atoms with Crippen LogP contribution in [0.1, 0.15) is 40.2 Å². The van der Waals surface area contributed by atoms with Crippen molar-refractivity contribution >= 4 is 24.2 Å². The molecule has 0 fully saturated rings. The van der Waals surface area contributed by atoms with Gasteiger partial charge in [0.15, 0.2) is 8.32 Å². The highest BCUT2D eigenvalue weighted by molar-refractivity contribution is 9.10. The van der Waals surface area contributed by atoms with Crippen LogP contribution in [0.25, 0.3) is 0 Å². The van der Waals surface area contributed by atoms with Crippen LogP contribution in [-0.4, -0.2) is 22.0 Å². The molecular formula is C17H29BrO2Si. The van der Waals surface area contributed by atoms with E-state index in [0.717, 1.165) is 16.8 Å². The van der Waals surface area contributed by atoms with E-state index in [2.05, 4.69) is 75.8 Å². The minimum absolute atomic E-state index is 0.0235. The summed E-state index contributed by atoms with van der Waals surface area (Å²) in [5.41, 5.74) is 1.23. The predicted molar refractivity (Wildman–Crippen MR) is 96.9 cm³/mol. The maximum Gasteiger partial charge on any atom is 0.192 e. The Balaban J connectivity index is 2.89. The van der Waals surface area contributed by atoms with Crippen LogP contribution in [0.3, 0.4) is 0 Å². The standard InChI is InChI=1S/C17H29BrO2Si/c1-16(2,3)21(7,8)20-12-17(4,5)13-9-10-15(19-6)14(18)11-13/h9-11H,12H2,1-8H3. The van der Waals surface area contributed by atoms with E-state index in [1.807, 2.05) is 6.07 Å². The summed E-state index contributed by atoms with van der Waals surface area (Å²) in [5.74, 6) is 0.861. The van der Waals surface area contributed by atoms with E-state index in [-0.39, 0.29) is 10.5 Å². The molecule has 0 spiro atoms. The topological polar surface area (TPSA) is 18.5 Å². The second-order valence-corrected chi connectivity index (χ2v) is 13.4. The smallest absolute Gasteiger partial charge is 0.192 e. The van der Waals surface area contributed by atoms with E-state index in [0.29, 0.717) is 0 Å². The molecule has 4 heteroatoms. The van der Waals surface area contributed by atoms with Crippen molar-refractivity contribution in [2.24, 2.45) is 0 Å². The number of rotatable bonds is 5. The van der Waals surface area contributed by atoms with Crippen molar-refractivity contribution in [2.45, 2.75) is 58.2 Å². The first-order chi connectivity index (χ1) is 9.40. The summed E-state index contributed by atoms with van der Waals surface area (Å²) >= 11 is 3.56. The summed E-state index contributed by atoms with van der Waals surface area (Å²) in [7, 11) is -0.0294. The van der Waals surface area contributed by atoms with Crippen LogP contribution in [0.5, 0.6) is 5.75 Å². The molecule has 21 heavy (non-hydrogen) atoms. The molecule has 0 aromatic heterocycles. The van der Waals surface area contributed by atoms with E-state index in [1.54, 1.807) is 7.11 Å². The number of halogens is 1. The van der Waals surface area contributed by atoms with Gasteiger partial charge in [-0.3, -0.25) is 0 Å². The fourth-order valence-corrected chi connectivity index (χ4v) is 3.44. The molecule has 0 aliphatic carbocycles. The van der Waals surface area contributed by atoms with Crippen molar-refractivity contribution in [2.75, 3.05) is 13.7 Å². The average Bonchev–Trinajstić information content (AvgIpc) is 2.35. The van der Waals surface area contributed by atoms with Crippen LogP contribution in [0, 0.1) is 0 Å².